The molecular weight excluding hydrogens is 329 g/mol. The van der Waals surface area contributed by atoms with Crippen LogP contribution < -0.4 is 10.1 Å². The third kappa shape index (κ3) is 4.89. The van der Waals surface area contributed by atoms with Gasteiger partial charge in [-0.1, -0.05) is 35.3 Å². The average Bonchev–Trinajstić information content (AvgIpc) is 2.94. The highest BCUT2D eigenvalue weighted by Gasteiger charge is 2.08. The number of carbonyl (C=O) groups excluding carboxylic acids is 1. The molecule has 0 aliphatic rings. The van der Waals surface area contributed by atoms with Gasteiger partial charge in [0.2, 0.25) is 5.89 Å². The molecule has 1 N–H and O–H groups in total. The molecule has 0 bridgehead atoms. The molecule has 0 saturated carbocycles. The molecule has 6 nitrogen and oxygen atoms in total. The van der Waals surface area contributed by atoms with Crippen LogP contribution in [0.4, 0.5) is 0 Å². The molecular formula is C14H15Cl2N3O3. The zero-order chi connectivity index (χ0) is 15.9. The molecule has 0 unspecified atom stereocenters. The van der Waals surface area contributed by atoms with E-state index in [9.17, 15) is 4.79 Å². The number of aromatic nitrogens is 2. The Hall–Kier alpha value is -1.79. The number of hydrogen-bond donors (Lipinski definition) is 1. The molecule has 1 heterocycles. The average molecular weight is 344 g/mol. The zero-order valence-corrected chi connectivity index (χ0v) is 13.4. The van der Waals surface area contributed by atoms with E-state index in [-0.39, 0.29) is 12.5 Å². The van der Waals surface area contributed by atoms with Gasteiger partial charge in [-0.25, -0.2) is 0 Å². The van der Waals surface area contributed by atoms with Gasteiger partial charge in [-0.05, 0) is 18.2 Å². The van der Waals surface area contributed by atoms with Crippen LogP contribution in [0.1, 0.15) is 18.6 Å². The number of ether oxygens (including phenoxy) is 1. The van der Waals surface area contributed by atoms with E-state index in [1.165, 1.54) is 0 Å². The van der Waals surface area contributed by atoms with Gasteiger partial charge >= 0.3 is 0 Å². The summed E-state index contributed by atoms with van der Waals surface area (Å²) in [5.41, 5.74) is 0. The molecule has 1 aromatic heterocycles. The minimum Gasteiger partial charge on any atom is -0.482 e. The summed E-state index contributed by atoms with van der Waals surface area (Å²) < 4.78 is 10.3. The van der Waals surface area contributed by atoms with Crippen molar-refractivity contribution < 1.29 is 14.1 Å². The fourth-order valence-corrected chi connectivity index (χ4v) is 2.10. The fourth-order valence-electron chi connectivity index (χ4n) is 1.64. The SMILES string of the molecule is CCc1nc(CCNC(=O)COc2ccc(Cl)cc2Cl)no1. The molecule has 0 aliphatic heterocycles. The minimum atomic E-state index is -0.259. The van der Waals surface area contributed by atoms with E-state index in [0.29, 0.717) is 46.9 Å². The second kappa shape index (κ2) is 8.00. The van der Waals surface area contributed by atoms with E-state index < -0.39 is 0 Å². The first-order chi connectivity index (χ1) is 10.6. The summed E-state index contributed by atoms with van der Waals surface area (Å²) in [6.07, 6.45) is 1.19. The number of benzene rings is 1. The molecule has 0 spiro atoms. The van der Waals surface area contributed by atoms with E-state index >= 15 is 0 Å². The lowest BCUT2D eigenvalue weighted by Crippen LogP contribution is -2.30. The molecule has 0 fully saturated rings. The Morgan fingerprint density at radius 2 is 2.23 bits per heavy atom. The largest absolute Gasteiger partial charge is 0.482 e. The quantitative estimate of drug-likeness (QED) is 0.836. The van der Waals surface area contributed by atoms with E-state index in [4.69, 9.17) is 32.5 Å². The predicted octanol–water partition coefficient (Wildman–Crippen LogP) is 2.68. The standard InChI is InChI=1S/C14H15Cl2N3O3/c1-2-14-18-12(19-22-14)5-6-17-13(20)8-21-11-4-3-9(15)7-10(11)16/h3-4,7H,2,5-6,8H2,1H3,(H,17,20). The summed E-state index contributed by atoms with van der Waals surface area (Å²) in [6, 6.07) is 4.81. The van der Waals surface area contributed by atoms with Crippen LogP contribution in [0.2, 0.25) is 10.0 Å². The van der Waals surface area contributed by atoms with Crippen LogP contribution in [0.5, 0.6) is 5.75 Å². The van der Waals surface area contributed by atoms with Crippen molar-refractivity contribution in [1.82, 2.24) is 15.5 Å². The molecule has 1 aromatic carbocycles. The Labute approximate surface area is 137 Å². The zero-order valence-electron chi connectivity index (χ0n) is 11.9. The van der Waals surface area contributed by atoms with Crippen LogP contribution in [0, 0.1) is 0 Å². The maximum Gasteiger partial charge on any atom is 0.257 e. The predicted molar refractivity (Wildman–Crippen MR) is 82.3 cm³/mol. The van der Waals surface area contributed by atoms with Crippen molar-refractivity contribution in [2.45, 2.75) is 19.8 Å². The molecule has 2 aromatic rings. The van der Waals surface area contributed by atoms with Gasteiger partial charge in [-0.3, -0.25) is 4.79 Å². The first-order valence-electron chi connectivity index (χ1n) is 6.74. The smallest absolute Gasteiger partial charge is 0.257 e. The van der Waals surface area contributed by atoms with Crippen LogP contribution in [0.15, 0.2) is 22.7 Å². The molecule has 8 heteroatoms. The Balaban J connectivity index is 1.71. The molecule has 118 valence electrons. The number of amides is 1. The van der Waals surface area contributed by atoms with Crippen LogP contribution in [-0.4, -0.2) is 29.2 Å². The van der Waals surface area contributed by atoms with Gasteiger partial charge in [0.1, 0.15) is 5.75 Å². The maximum absolute atomic E-state index is 11.7. The second-order valence-corrected chi connectivity index (χ2v) is 5.26. The van der Waals surface area contributed by atoms with E-state index in [1.807, 2.05) is 6.92 Å². The summed E-state index contributed by atoms with van der Waals surface area (Å²) in [7, 11) is 0. The molecule has 1 amide bonds. The van der Waals surface area contributed by atoms with Gasteiger partial charge in [-0.15, -0.1) is 0 Å². The van der Waals surface area contributed by atoms with Crippen molar-refractivity contribution in [1.29, 1.82) is 0 Å². The van der Waals surface area contributed by atoms with Crippen molar-refractivity contribution in [3.8, 4) is 5.75 Å². The number of carbonyl (C=O) groups is 1. The monoisotopic (exact) mass is 343 g/mol. The Bertz CT molecular complexity index is 646. The Morgan fingerprint density at radius 3 is 2.91 bits per heavy atom. The lowest BCUT2D eigenvalue weighted by Gasteiger charge is -2.08. The Kier molecular flexibility index (Phi) is 6.03. The number of nitrogens with one attached hydrogen (secondary N) is 1. The lowest BCUT2D eigenvalue weighted by atomic mass is 10.3. The summed E-state index contributed by atoms with van der Waals surface area (Å²) in [4.78, 5) is 15.8. The highest BCUT2D eigenvalue weighted by Crippen LogP contribution is 2.27. The van der Waals surface area contributed by atoms with Gasteiger partial charge < -0.3 is 14.6 Å². The third-order valence-electron chi connectivity index (χ3n) is 2.74. The van der Waals surface area contributed by atoms with Crippen molar-refractivity contribution in [3.05, 3.63) is 40.0 Å². The second-order valence-electron chi connectivity index (χ2n) is 4.42. The van der Waals surface area contributed by atoms with Crippen LogP contribution in [0.25, 0.3) is 0 Å². The van der Waals surface area contributed by atoms with Gasteiger partial charge in [0.15, 0.2) is 12.4 Å². The molecule has 0 aliphatic carbocycles. The summed E-state index contributed by atoms with van der Waals surface area (Å²) >= 11 is 11.7. The lowest BCUT2D eigenvalue weighted by molar-refractivity contribution is -0.123. The normalized spacial score (nSPS) is 10.5. The van der Waals surface area contributed by atoms with Crippen molar-refractivity contribution >= 4 is 29.1 Å². The molecule has 0 atom stereocenters. The maximum atomic E-state index is 11.7. The minimum absolute atomic E-state index is 0.131. The molecule has 2 rings (SSSR count). The van der Waals surface area contributed by atoms with Crippen molar-refractivity contribution in [3.63, 3.8) is 0 Å². The van der Waals surface area contributed by atoms with Crippen LogP contribution >= 0.6 is 23.2 Å². The third-order valence-corrected chi connectivity index (χ3v) is 3.27. The number of hydrogen-bond acceptors (Lipinski definition) is 5. The van der Waals surface area contributed by atoms with E-state index in [2.05, 4.69) is 15.5 Å². The number of halogens is 2. The first-order valence-corrected chi connectivity index (χ1v) is 7.50. The molecule has 0 saturated heterocycles. The Morgan fingerprint density at radius 1 is 1.41 bits per heavy atom. The van der Waals surface area contributed by atoms with Crippen LogP contribution in [-0.2, 0) is 17.6 Å². The molecule has 0 radical (unpaired) electrons. The number of aryl methyl sites for hydroxylation is 1. The summed E-state index contributed by atoms with van der Waals surface area (Å²) in [5, 5.41) is 7.37. The van der Waals surface area contributed by atoms with Crippen molar-refractivity contribution in [2.75, 3.05) is 13.2 Å². The first kappa shape index (κ1) is 16.6. The van der Waals surface area contributed by atoms with Gasteiger partial charge in [-0.2, -0.15) is 4.98 Å². The van der Waals surface area contributed by atoms with E-state index in [1.54, 1.807) is 18.2 Å². The highest BCUT2D eigenvalue weighted by atomic mass is 35.5. The summed E-state index contributed by atoms with van der Waals surface area (Å²) in [5.74, 6) is 1.30. The number of rotatable bonds is 7. The van der Waals surface area contributed by atoms with E-state index in [0.717, 1.165) is 0 Å². The van der Waals surface area contributed by atoms with Gasteiger partial charge in [0.25, 0.3) is 5.91 Å². The fraction of sp³-hybridized carbons (Fsp3) is 0.357. The van der Waals surface area contributed by atoms with Gasteiger partial charge in [0.05, 0.1) is 5.02 Å². The van der Waals surface area contributed by atoms with Gasteiger partial charge in [0, 0.05) is 24.4 Å². The van der Waals surface area contributed by atoms with Crippen LogP contribution in [0.3, 0.4) is 0 Å². The number of nitrogens with zero attached hydrogens (tertiary/aromatic N) is 2. The topological polar surface area (TPSA) is 77.2 Å². The summed E-state index contributed by atoms with van der Waals surface area (Å²) in [6.45, 7) is 2.20. The molecule has 22 heavy (non-hydrogen) atoms. The van der Waals surface area contributed by atoms with Crippen molar-refractivity contribution in [2.24, 2.45) is 0 Å². The highest BCUT2D eigenvalue weighted by molar-refractivity contribution is 6.35.